The maximum Gasteiger partial charge on any atom is 0.134 e. The highest BCUT2D eigenvalue weighted by Gasteiger charge is 2.13. The van der Waals surface area contributed by atoms with Gasteiger partial charge >= 0.3 is 0 Å². The van der Waals surface area contributed by atoms with E-state index >= 15 is 0 Å². The number of nitrogens with zero attached hydrogens (tertiary/aromatic N) is 1. The predicted octanol–water partition coefficient (Wildman–Crippen LogP) is 4.67. The first-order valence-electron chi connectivity index (χ1n) is 7.16. The van der Waals surface area contributed by atoms with E-state index in [1.54, 1.807) is 0 Å². The monoisotopic (exact) mass is 280 g/mol. The van der Waals surface area contributed by atoms with Crippen molar-refractivity contribution in [3.05, 3.63) is 60.4 Å². The Labute approximate surface area is 125 Å². The third kappa shape index (κ3) is 2.72. The van der Waals surface area contributed by atoms with Gasteiger partial charge in [0.15, 0.2) is 0 Å². The first-order chi connectivity index (χ1) is 10.1. The van der Waals surface area contributed by atoms with Crippen molar-refractivity contribution < 1.29 is 4.42 Å². The molecule has 0 saturated carbocycles. The molecule has 3 nitrogen and oxygen atoms in total. The van der Waals surface area contributed by atoms with E-state index in [0.717, 1.165) is 22.4 Å². The third-order valence-corrected chi connectivity index (χ3v) is 3.63. The van der Waals surface area contributed by atoms with Gasteiger partial charge in [0.2, 0.25) is 0 Å². The van der Waals surface area contributed by atoms with Crippen LogP contribution in [0.15, 0.2) is 59.0 Å². The molecule has 0 radical (unpaired) electrons. The van der Waals surface area contributed by atoms with E-state index < -0.39 is 0 Å². The Hall–Kier alpha value is -2.42. The van der Waals surface area contributed by atoms with E-state index in [0.29, 0.717) is 0 Å². The molecule has 0 fully saturated rings. The second-order valence-electron chi connectivity index (χ2n) is 5.46. The molecule has 1 atom stereocenters. The SMILES string of the molecule is CC(Nc1ccccc1N(C)C)c1cc2ccccc2o1. The predicted molar refractivity (Wildman–Crippen MR) is 89.0 cm³/mol. The lowest BCUT2D eigenvalue weighted by molar-refractivity contribution is 0.526. The van der Waals surface area contributed by atoms with Crippen LogP contribution >= 0.6 is 0 Å². The van der Waals surface area contributed by atoms with Crippen LogP contribution in [0.3, 0.4) is 0 Å². The van der Waals surface area contributed by atoms with Gasteiger partial charge in [-0.15, -0.1) is 0 Å². The minimum atomic E-state index is 0.110. The molecule has 0 saturated heterocycles. The van der Waals surface area contributed by atoms with Crippen LogP contribution in [0.1, 0.15) is 18.7 Å². The van der Waals surface area contributed by atoms with Crippen molar-refractivity contribution in [2.75, 3.05) is 24.3 Å². The summed E-state index contributed by atoms with van der Waals surface area (Å²) in [6.45, 7) is 2.12. The van der Waals surface area contributed by atoms with Gasteiger partial charge in [0, 0.05) is 19.5 Å². The fourth-order valence-electron chi connectivity index (χ4n) is 2.51. The fraction of sp³-hybridized carbons (Fsp3) is 0.222. The molecule has 0 bridgehead atoms. The Morgan fingerprint density at radius 1 is 1.00 bits per heavy atom. The number of furan rings is 1. The Bertz CT molecular complexity index is 713. The minimum absolute atomic E-state index is 0.110. The molecular formula is C18H20N2O. The highest BCUT2D eigenvalue weighted by Crippen LogP contribution is 2.30. The summed E-state index contributed by atoms with van der Waals surface area (Å²) in [7, 11) is 4.10. The molecule has 1 N–H and O–H groups in total. The molecule has 0 spiro atoms. The van der Waals surface area contributed by atoms with Crippen LogP contribution < -0.4 is 10.2 Å². The average molecular weight is 280 g/mol. The normalized spacial score (nSPS) is 12.3. The molecule has 0 aliphatic carbocycles. The zero-order valence-electron chi connectivity index (χ0n) is 12.6. The molecule has 0 aliphatic heterocycles. The average Bonchev–Trinajstić information content (AvgIpc) is 2.91. The molecule has 108 valence electrons. The maximum absolute atomic E-state index is 5.93. The lowest BCUT2D eigenvalue weighted by Gasteiger charge is -2.20. The van der Waals surface area contributed by atoms with Crippen molar-refractivity contribution >= 4 is 22.3 Å². The van der Waals surface area contributed by atoms with Gasteiger partial charge < -0.3 is 14.6 Å². The number of rotatable bonds is 4. The highest BCUT2D eigenvalue weighted by atomic mass is 16.3. The van der Waals surface area contributed by atoms with Gasteiger partial charge in [0.25, 0.3) is 0 Å². The van der Waals surface area contributed by atoms with E-state index in [4.69, 9.17) is 4.42 Å². The molecule has 1 aromatic heterocycles. The van der Waals surface area contributed by atoms with Crippen LogP contribution in [0.4, 0.5) is 11.4 Å². The first-order valence-corrected chi connectivity index (χ1v) is 7.16. The number of benzene rings is 2. The number of hydrogen-bond donors (Lipinski definition) is 1. The minimum Gasteiger partial charge on any atom is -0.459 e. The lowest BCUT2D eigenvalue weighted by Crippen LogP contribution is -2.13. The van der Waals surface area contributed by atoms with Crippen molar-refractivity contribution in [1.29, 1.82) is 0 Å². The molecule has 3 rings (SSSR count). The molecule has 3 heteroatoms. The fourth-order valence-corrected chi connectivity index (χ4v) is 2.51. The standard InChI is InChI=1S/C18H20N2O/c1-13(18-12-14-8-4-7-11-17(14)21-18)19-15-9-5-6-10-16(15)20(2)3/h4-13,19H,1-3H3. The summed E-state index contributed by atoms with van der Waals surface area (Å²) in [5.41, 5.74) is 3.21. The summed E-state index contributed by atoms with van der Waals surface area (Å²) >= 11 is 0. The quantitative estimate of drug-likeness (QED) is 0.752. The summed E-state index contributed by atoms with van der Waals surface area (Å²) in [6, 6.07) is 18.6. The molecular weight excluding hydrogens is 260 g/mol. The van der Waals surface area contributed by atoms with Crippen molar-refractivity contribution in [1.82, 2.24) is 0 Å². The van der Waals surface area contributed by atoms with E-state index in [-0.39, 0.29) is 6.04 Å². The van der Waals surface area contributed by atoms with Crippen LogP contribution in [0.5, 0.6) is 0 Å². The Balaban J connectivity index is 1.87. The first kappa shape index (κ1) is 13.6. The van der Waals surface area contributed by atoms with Crippen LogP contribution in [-0.2, 0) is 0 Å². The number of anilines is 2. The zero-order valence-corrected chi connectivity index (χ0v) is 12.6. The molecule has 3 aromatic rings. The lowest BCUT2D eigenvalue weighted by atomic mass is 10.2. The van der Waals surface area contributed by atoms with E-state index in [9.17, 15) is 0 Å². The zero-order chi connectivity index (χ0) is 14.8. The number of hydrogen-bond acceptors (Lipinski definition) is 3. The van der Waals surface area contributed by atoms with Crippen molar-refractivity contribution in [3.63, 3.8) is 0 Å². The number of fused-ring (bicyclic) bond motifs is 1. The third-order valence-electron chi connectivity index (χ3n) is 3.63. The van der Waals surface area contributed by atoms with E-state index in [2.05, 4.69) is 41.4 Å². The van der Waals surface area contributed by atoms with Gasteiger partial charge in [0.1, 0.15) is 11.3 Å². The van der Waals surface area contributed by atoms with Crippen LogP contribution in [-0.4, -0.2) is 14.1 Å². The number of nitrogens with one attached hydrogen (secondary N) is 1. The van der Waals surface area contributed by atoms with E-state index in [1.165, 1.54) is 5.69 Å². The number of para-hydroxylation sites is 3. The van der Waals surface area contributed by atoms with Gasteiger partial charge in [-0.2, -0.15) is 0 Å². The molecule has 0 amide bonds. The van der Waals surface area contributed by atoms with Gasteiger partial charge in [-0.05, 0) is 31.2 Å². The molecule has 0 aliphatic rings. The second kappa shape index (κ2) is 5.52. The second-order valence-corrected chi connectivity index (χ2v) is 5.46. The van der Waals surface area contributed by atoms with Gasteiger partial charge in [-0.3, -0.25) is 0 Å². The maximum atomic E-state index is 5.93. The Morgan fingerprint density at radius 3 is 2.48 bits per heavy atom. The van der Waals surface area contributed by atoms with Gasteiger partial charge in [-0.25, -0.2) is 0 Å². The summed E-state index contributed by atoms with van der Waals surface area (Å²) in [4.78, 5) is 2.10. The Morgan fingerprint density at radius 2 is 1.71 bits per heavy atom. The van der Waals surface area contributed by atoms with Gasteiger partial charge in [0.05, 0.1) is 17.4 Å². The molecule has 2 aromatic carbocycles. The summed E-state index contributed by atoms with van der Waals surface area (Å²) in [5, 5.41) is 4.67. The van der Waals surface area contributed by atoms with Crippen molar-refractivity contribution in [2.24, 2.45) is 0 Å². The van der Waals surface area contributed by atoms with Crippen LogP contribution in [0.25, 0.3) is 11.0 Å². The molecule has 1 heterocycles. The summed E-state index contributed by atoms with van der Waals surface area (Å²) in [5.74, 6) is 0.949. The Kier molecular flexibility index (Phi) is 3.57. The van der Waals surface area contributed by atoms with Crippen molar-refractivity contribution in [3.8, 4) is 0 Å². The topological polar surface area (TPSA) is 28.4 Å². The highest BCUT2D eigenvalue weighted by molar-refractivity contribution is 5.78. The van der Waals surface area contributed by atoms with Crippen LogP contribution in [0.2, 0.25) is 0 Å². The molecule has 21 heavy (non-hydrogen) atoms. The van der Waals surface area contributed by atoms with Crippen LogP contribution in [0, 0.1) is 0 Å². The van der Waals surface area contributed by atoms with Gasteiger partial charge in [-0.1, -0.05) is 30.3 Å². The summed E-state index contributed by atoms with van der Waals surface area (Å²) < 4.78 is 5.93. The summed E-state index contributed by atoms with van der Waals surface area (Å²) in [6.07, 6.45) is 0. The smallest absolute Gasteiger partial charge is 0.134 e. The van der Waals surface area contributed by atoms with E-state index in [1.807, 2.05) is 44.4 Å². The van der Waals surface area contributed by atoms with Crippen molar-refractivity contribution in [2.45, 2.75) is 13.0 Å². The largest absolute Gasteiger partial charge is 0.459 e. The molecule has 1 unspecified atom stereocenters.